The Morgan fingerprint density at radius 3 is 1.82 bits per heavy atom. The van der Waals surface area contributed by atoms with Crippen LogP contribution in [-0.4, -0.2) is 180 Å². The summed E-state index contributed by atoms with van der Waals surface area (Å²) in [5.41, 5.74) is -1.80. The molecule has 0 amide bonds. The second kappa shape index (κ2) is 15.6. The van der Waals surface area contributed by atoms with Gasteiger partial charge >= 0.3 is 5.97 Å². The van der Waals surface area contributed by atoms with Gasteiger partial charge in [-0.3, -0.25) is 4.79 Å². The van der Waals surface area contributed by atoms with Crippen molar-refractivity contribution in [3.63, 3.8) is 0 Å². The number of ether oxygens (including phenoxy) is 6. The molecule has 18 heteroatoms. The zero-order valence-corrected chi connectivity index (χ0v) is 31.8. The number of aliphatic hydroxyl groups is 11. The van der Waals surface area contributed by atoms with Crippen LogP contribution in [0.15, 0.2) is 12.2 Å². The van der Waals surface area contributed by atoms with Crippen LogP contribution in [0.25, 0.3) is 0 Å². The topological polar surface area (TPSA) is 295 Å². The van der Waals surface area contributed by atoms with Crippen LogP contribution in [0.3, 0.4) is 0 Å². The van der Waals surface area contributed by atoms with Gasteiger partial charge in [0.25, 0.3) is 0 Å². The van der Waals surface area contributed by atoms with Gasteiger partial charge in [-0.15, -0.1) is 0 Å². The molecule has 0 aromatic heterocycles. The minimum atomic E-state index is -1.81. The van der Waals surface area contributed by atoms with Gasteiger partial charge in [-0.25, -0.2) is 0 Å². The van der Waals surface area contributed by atoms with Gasteiger partial charge in [0.2, 0.25) is 6.29 Å². The fourth-order valence-electron chi connectivity index (χ4n) is 12.0. The fourth-order valence-corrected chi connectivity index (χ4v) is 12.0. The number of fused-ring (bicyclic) bond motifs is 3. The lowest BCUT2D eigenvalue weighted by atomic mass is 9.41. The van der Waals surface area contributed by atoms with Gasteiger partial charge in [-0.1, -0.05) is 19.9 Å². The van der Waals surface area contributed by atoms with Crippen molar-refractivity contribution >= 4 is 5.97 Å². The Labute approximate surface area is 324 Å². The molecular weight excluding hydrogens is 744 g/mol. The fraction of sp³-hybridized carbons (Fsp3) is 0.921. The largest absolute Gasteiger partial charge is 0.432 e. The predicted molar refractivity (Wildman–Crippen MR) is 186 cm³/mol. The van der Waals surface area contributed by atoms with Gasteiger partial charge in [0.05, 0.1) is 30.8 Å². The van der Waals surface area contributed by atoms with Crippen LogP contribution in [0, 0.1) is 28.1 Å². The molecule has 7 rings (SSSR count). The second-order valence-corrected chi connectivity index (χ2v) is 18.0. The van der Waals surface area contributed by atoms with Crippen molar-refractivity contribution < 1.29 is 89.4 Å². The number of hydrogen-bond acceptors (Lipinski definition) is 18. The smallest absolute Gasteiger partial charge is 0.314 e. The lowest BCUT2D eigenvalue weighted by molar-refractivity contribution is -0.378. The Bertz CT molecular complexity index is 1450. The standard InChI is InChI=1S/C38H60O18/c1-16-11-37-9-5-20-35(2,7-4-8-36(20,3)34(50)55-32-29(49)26(46)23(43)18(13-40)52-32)21(37)6-10-38(16,15-37)56-33-30(27(47)24(44)19(14-41)53-33)54-31-28(48)25(45)22(42)17(12-39)51-31/h17-33,39-49H,1,4-15H2,2-3H3/t17-,18-,19-,20?,21?,22-,23-,24-,25+,26+,27+,28-,29-,30-,31+,32+,33-,35+,36-,37+,38+/m1/s1. The highest BCUT2D eigenvalue weighted by Gasteiger charge is 2.69. The van der Waals surface area contributed by atoms with Crippen molar-refractivity contribution in [3.8, 4) is 0 Å². The van der Waals surface area contributed by atoms with E-state index in [2.05, 4.69) is 13.5 Å². The average molecular weight is 805 g/mol. The molecule has 56 heavy (non-hydrogen) atoms. The zero-order valence-electron chi connectivity index (χ0n) is 31.8. The van der Waals surface area contributed by atoms with Crippen molar-refractivity contribution in [1.29, 1.82) is 0 Å². The van der Waals surface area contributed by atoms with Gasteiger partial charge in [0, 0.05) is 0 Å². The summed E-state index contributed by atoms with van der Waals surface area (Å²) in [6, 6.07) is 0. The van der Waals surface area contributed by atoms with Crippen molar-refractivity contribution in [2.75, 3.05) is 19.8 Å². The van der Waals surface area contributed by atoms with Gasteiger partial charge in [0.15, 0.2) is 12.6 Å². The highest BCUT2D eigenvalue weighted by Crippen LogP contribution is 2.73. The van der Waals surface area contributed by atoms with Crippen LogP contribution in [0.5, 0.6) is 0 Å². The first-order chi connectivity index (χ1) is 26.4. The number of rotatable bonds is 9. The summed E-state index contributed by atoms with van der Waals surface area (Å²) >= 11 is 0. The van der Waals surface area contributed by atoms with Crippen LogP contribution in [0.2, 0.25) is 0 Å². The molecule has 0 aromatic rings. The average Bonchev–Trinajstić information content (AvgIpc) is 3.37. The van der Waals surface area contributed by atoms with Gasteiger partial charge in [0.1, 0.15) is 73.2 Å². The van der Waals surface area contributed by atoms with Crippen molar-refractivity contribution in [2.45, 2.75) is 169 Å². The third-order valence-corrected chi connectivity index (χ3v) is 15.0. The molecule has 11 N–H and O–H groups in total. The molecular formula is C38H60O18. The molecule has 0 aromatic carbocycles. The molecule has 3 saturated heterocycles. The molecule has 2 bridgehead atoms. The van der Waals surface area contributed by atoms with Crippen LogP contribution < -0.4 is 0 Å². The summed E-state index contributed by atoms with van der Waals surface area (Å²) in [4.78, 5) is 14.1. The van der Waals surface area contributed by atoms with Crippen molar-refractivity contribution in [1.82, 2.24) is 0 Å². The monoisotopic (exact) mass is 804 g/mol. The third-order valence-electron chi connectivity index (χ3n) is 15.0. The van der Waals surface area contributed by atoms with Crippen LogP contribution in [0.1, 0.15) is 71.6 Å². The van der Waals surface area contributed by atoms with E-state index in [0.717, 1.165) is 18.4 Å². The number of hydrogen-bond donors (Lipinski definition) is 11. The highest BCUT2D eigenvalue weighted by molar-refractivity contribution is 5.77. The summed E-state index contributed by atoms with van der Waals surface area (Å²) in [6.07, 6.45) is -17.8. The first-order valence-corrected chi connectivity index (χ1v) is 19.9. The predicted octanol–water partition coefficient (Wildman–Crippen LogP) is -2.94. The summed E-state index contributed by atoms with van der Waals surface area (Å²) in [6.45, 7) is 6.52. The zero-order chi connectivity index (χ0) is 40.7. The van der Waals surface area contributed by atoms with E-state index in [0.29, 0.717) is 44.9 Å². The summed E-state index contributed by atoms with van der Waals surface area (Å²) < 4.78 is 35.6. The van der Waals surface area contributed by atoms with Gasteiger partial charge < -0.3 is 84.6 Å². The molecule has 1 spiro atoms. The van der Waals surface area contributed by atoms with Crippen LogP contribution in [0.4, 0.5) is 0 Å². The Morgan fingerprint density at radius 1 is 0.679 bits per heavy atom. The lowest BCUT2D eigenvalue weighted by Crippen LogP contribution is -2.65. The maximum absolute atomic E-state index is 14.1. The van der Waals surface area contributed by atoms with E-state index in [9.17, 15) is 61.0 Å². The molecule has 320 valence electrons. The maximum atomic E-state index is 14.1. The molecule has 3 aliphatic heterocycles. The Kier molecular flexibility index (Phi) is 11.9. The third kappa shape index (κ3) is 6.69. The molecule has 21 atom stereocenters. The highest BCUT2D eigenvalue weighted by atomic mass is 16.8. The quantitative estimate of drug-likeness (QED) is 0.0631. The number of esters is 1. The first kappa shape index (κ1) is 42.7. The number of carbonyl (C=O) groups is 1. The molecule has 7 aliphatic rings. The van der Waals surface area contributed by atoms with E-state index in [4.69, 9.17) is 28.4 Å². The minimum Gasteiger partial charge on any atom is -0.432 e. The summed E-state index contributed by atoms with van der Waals surface area (Å²) in [5, 5.41) is 114. The lowest BCUT2D eigenvalue weighted by Gasteiger charge is -2.64. The number of carbonyl (C=O) groups excluding carboxylic acids is 1. The normalized spacial score (nSPS) is 54.6. The van der Waals surface area contributed by atoms with Crippen molar-refractivity contribution in [2.24, 2.45) is 28.1 Å². The Balaban J connectivity index is 1.10. The van der Waals surface area contributed by atoms with E-state index >= 15 is 0 Å². The molecule has 2 unspecified atom stereocenters. The van der Waals surface area contributed by atoms with E-state index in [1.807, 2.05) is 6.92 Å². The van der Waals surface area contributed by atoms with E-state index in [-0.39, 0.29) is 22.7 Å². The van der Waals surface area contributed by atoms with E-state index in [1.54, 1.807) is 0 Å². The molecule has 0 radical (unpaired) electrons. The van der Waals surface area contributed by atoms with Crippen molar-refractivity contribution in [3.05, 3.63) is 12.2 Å². The molecule has 4 aliphatic carbocycles. The maximum Gasteiger partial charge on any atom is 0.314 e. The number of aliphatic hydroxyl groups excluding tert-OH is 11. The SMILES string of the molecule is C=C1C[C@]23CCC4[C@](C)(CCC[C@@]4(C)C(=O)O[C@@H]4O[C@H](CO)[C@@H](O)[C@H](O)[C@H]4O)C2CC[C@]1(O[C@H]1O[C@H](CO)[C@@H](O)[C@H](O)[C@H]1O[C@@H]1O[C@H](CO)[C@@H](O)[C@H](O)[C@H]1O)C3. The van der Waals surface area contributed by atoms with Crippen LogP contribution >= 0.6 is 0 Å². The molecule has 4 saturated carbocycles. The van der Waals surface area contributed by atoms with Gasteiger partial charge in [-0.05, 0) is 86.5 Å². The van der Waals surface area contributed by atoms with Crippen LogP contribution in [-0.2, 0) is 33.2 Å². The Hall–Kier alpha value is -1.43. The van der Waals surface area contributed by atoms with E-state index in [1.165, 1.54) is 0 Å². The molecule has 18 nitrogen and oxygen atoms in total. The Morgan fingerprint density at radius 2 is 1.21 bits per heavy atom. The van der Waals surface area contributed by atoms with E-state index < -0.39 is 129 Å². The summed E-state index contributed by atoms with van der Waals surface area (Å²) in [7, 11) is 0. The molecule has 7 fully saturated rings. The first-order valence-electron chi connectivity index (χ1n) is 19.9. The van der Waals surface area contributed by atoms with Gasteiger partial charge in [-0.2, -0.15) is 0 Å². The molecule has 3 heterocycles. The summed E-state index contributed by atoms with van der Waals surface area (Å²) in [5.74, 6) is -0.591. The minimum absolute atomic E-state index is 0.121. The second-order valence-electron chi connectivity index (χ2n) is 18.0.